The molecule has 0 atom stereocenters. The number of anilines is 1. The third kappa shape index (κ3) is 5.36. The Morgan fingerprint density at radius 1 is 1.33 bits per heavy atom. The monoisotopic (exact) mass is 478 g/mol. The fourth-order valence-corrected chi connectivity index (χ4v) is 2.40. The molecule has 0 spiro atoms. The van der Waals surface area contributed by atoms with Gasteiger partial charge < -0.3 is 4.74 Å². The number of alkyl halides is 3. The average Bonchev–Trinajstić information content (AvgIpc) is 2.45. The molecule has 0 bridgehead atoms. The number of halogens is 4. The van der Waals surface area contributed by atoms with Crippen LogP contribution in [-0.4, -0.2) is 32.5 Å². The SMILES string of the molecule is C=CCOC(=O)Nc1ccc(C(=O)NS(=O)(=O)C(F)(F)F)cc1I. The maximum Gasteiger partial charge on any atom is 0.516 e. The van der Waals surface area contributed by atoms with Crippen molar-refractivity contribution in [2.45, 2.75) is 5.51 Å². The number of carbonyl (C=O) groups excluding carboxylic acids is 2. The molecule has 0 aromatic heterocycles. The van der Waals surface area contributed by atoms with E-state index < -0.39 is 27.5 Å². The molecule has 12 heteroatoms. The van der Waals surface area contributed by atoms with Gasteiger partial charge in [0.05, 0.1) is 5.69 Å². The van der Waals surface area contributed by atoms with Crippen LogP contribution in [0.2, 0.25) is 0 Å². The van der Waals surface area contributed by atoms with Crippen LogP contribution in [0.1, 0.15) is 10.4 Å². The molecular weight excluding hydrogens is 468 g/mol. The van der Waals surface area contributed by atoms with E-state index in [-0.39, 0.29) is 21.4 Å². The van der Waals surface area contributed by atoms with Crippen LogP contribution in [0.25, 0.3) is 0 Å². The largest absolute Gasteiger partial charge is 0.516 e. The Balaban J connectivity index is 2.89. The molecule has 0 unspecified atom stereocenters. The highest BCUT2D eigenvalue weighted by Gasteiger charge is 2.47. The van der Waals surface area contributed by atoms with Crippen molar-refractivity contribution in [1.82, 2.24) is 4.72 Å². The van der Waals surface area contributed by atoms with Crippen LogP contribution in [0, 0.1) is 3.57 Å². The van der Waals surface area contributed by atoms with E-state index in [1.54, 1.807) is 22.6 Å². The molecule has 132 valence electrons. The van der Waals surface area contributed by atoms with Gasteiger partial charge in [0.25, 0.3) is 5.91 Å². The van der Waals surface area contributed by atoms with E-state index in [1.807, 2.05) is 0 Å². The Kier molecular flexibility index (Phi) is 6.59. The molecule has 7 nitrogen and oxygen atoms in total. The van der Waals surface area contributed by atoms with E-state index in [0.29, 0.717) is 0 Å². The minimum absolute atomic E-state index is 0.0296. The van der Waals surface area contributed by atoms with Gasteiger partial charge in [-0.3, -0.25) is 10.1 Å². The molecule has 0 saturated heterocycles. The number of rotatable bonds is 5. The van der Waals surface area contributed by atoms with Crippen molar-refractivity contribution < 1.29 is 35.9 Å². The lowest BCUT2D eigenvalue weighted by molar-refractivity contribution is -0.0446. The van der Waals surface area contributed by atoms with E-state index in [2.05, 4.69) is 16.6 Å². The van der Waals surface area contributed by atoms with E-state index in [9.17, 15) is 31.2 Å². The van der Waals surface area contributed by atoms with Crippen molar-refractivity contribution in [1.29, 1.82) is 0 Å². The van der Waals surface area contributed by atoms with Crippen molar-refractivity contribution >= 4 is 50.3 Å². The first-order chi connectivity index (χ1) is 11.0. The van der Waals surface area contributed by atoms with Gasteiger partial charge in [0.15, 0.2) is 0 Å². The lowest BCUT2D eigenvalue weighted by Gasteiger charge is -2.11. The van der Waals surface area contributed by atoms with E-state index in [1.165, 1.54) is 12.1 Å². The lowest BCUT2D eigenvalue weighted by atomic mass is 10.2. The predicted molar refractivity (Wildman–Crippen MR) is 86.8 cm³/mol. The normalized spacial score (nSPS) is 11.5. The molecule has 1 aromatic rings. The number of hydrogen-bond donors (Lipinski definition) is 2. The van der Waals surface area contributed by atoms with Crippen LogP contribution in [0.3, 0.4) is 0 Å². The van der Waals surface area contributed by atoms with Crippen LogP contribution >= 0.6 is 22.6 Å². The molecule has 0 aliphatic heterocycles. The van der Waals surface area contributed by atoms with E-state index in [0.717, 1.165) is 16.9 Å². The number of sulfonamides is 1. The number of amides is 2. The summed E-state index contributed by atoms with van der Waals surface area (Å²) in [5.41, 5.74) is -5.72. The molecule has 0 aliphatic carbocycles. The Morgan fingerprint density at radius 3 is 2.46 bits per heavy atom. The number of hydrogen-bond acceptors (Lipinski definition) is 5. The van der Waals surface area contributed by atoms with Crippen molar-refractivity contribution in [2.24, 2.45) is 0 Å². The van der Waals surface area contributed by atoms with Crippen LogP contribution < -0.4 is 10.0 Å². The van der Waals surface area contributed by atoms with Gasteiger partial charge >= 0.3 is 21.6 Å². The summed E-state index contributed by atoms with van der Waals surface area (Å²) in [6.45, 7) is 3.33. The standard InChI is InChI=1S/C12H10F3IN2O5S/c1-2-5-23-11(20)17-9-4-3-7(6-8(9)16)10(19)18-24(21,22)12(13,14)15/h2-4,6H,1,5H2,(H,17,20)(H,18,19). The molecule has 0 aliphatic rings. The third-order valence-corrected chi connectivity index (χ3v) is 4.29. The molecule has 0 fully saturated rings. The van der Waals surface area contributed by atoms with Gasteiger partial charge in [-0.15, -0.1) is 0 Å². The molecule has 1 aromatic carbocycles. The van der Waals surface area contributed by atoms with Gasteiger partial charge in [0.2, 0.25) is 0 Å². The highest BCUT2D eigenvalue weighted by atomic mass is 127. The van der Waals surface area contributed by atoms with E-state index in [4.69, 9.17) is 0 Å². The molecule has 1 rings (SSSR count). The van der Waals surface area contributed by atoms with Crippen molar-refractivity contribution in [3.63, 3.8) is 0 Å². The molecule has 0 radical (unpaired) electrons. The molecule has 0 heterocycles. The number of benzene rings is 1. The maximum atomic E-state index is 12.2. The van der Waals surface area contributed by atoms with Gasteiger partial charge in [-0.1, -0.05) is 12.7 Å². The topological polar surface area (TPSA) is 102 Å². The molecular formula is C12H10F3IN2O5S. The smallest absolute Gasteiger partial charge is 0.445 e. The summed E-state index contributed by atoms with van der Waals surface area (Å²) in [4.78, 5) is 23.0. The van der Waals surface area contributed by atoms with Gasteiger partial charge in [-0.25, -0.2) is 9.52 Å². The zero-order chi connectivity index (χ0) is 18.5. The average molecular weight is 478 g/mol. The first kappa shape index (κ1) is 20.2. The fraction of sp³-hybridized carbons (Fsp3) is 0.167. The zero-order valence-corrected chi connectivity index (χ0v) is 14.7. The number of ether oxygens (including phenoxy) is 1. The van der Waals surface area contributed by atoms with Gasteiger partial charge in [0.1, 0.15) is 6.61 Å². The third-order valence-electron chi connectivity index (χ3n) is 2.33. The summed E-state index contributed by atoms with van der Waals surface area (Å²) in [6.07, 6.45) is 0.545. The van der Waals surface area contributed by atoms with Crippen molar-refractivity contribution in [2.75, 3.05) is 11.9 Å². The Morgan fingerprint density at radius 2 is 1.96 bits per heavy atom. The number of nitrogens with one attached hydrogen (secondary N) is 2. The summed E-state index contributed by atoms with van der Waals surface area (Å²) < 4.78 is 64.3. The van der Waals surface area contributed by atoms with Gasteiger partial charge in [0, 0.05) is 9.13 Å². The highest BCUT2D eigenvalue weighted by Crippen LogP contribution is 2.23. The highest BCUT2D eigenvalue weighted by molar-refractivity contribution is 14.1. The first-order valence-corrected chi connectivity index (χ1v) is 8.52. The first-order valence-electron chi connectivity index (χ1n) is 5.95. The minimum Gasteiger partial charge on any atom is -0.445 e. The Bertz CT molecular complexity index is 764. The lowest BCUT2D eigenvalue weighted by Crippen LogP contribution is -2.40. The molecule has 2 N–H and O–H groups in total. The Labute approximate surface area is 148 Å². The number of carbonyl (C=O) groups is 2. The summed E-state index contributed by atoms with van der Waals surface area (Å²) in [6, 6.07) is 3.36. The van der Waals surface area contributed by atoms with Gasteiger partial charge in [-0.2, -0.15) is 21.6 Å². The molecule has 2 amide bonds. The molecule has 0 saturated carbocycles. The molecule has 24 heavy (non-hydrogen) atoms. The van der Waals surface area contributed by atoms with Crippen molar-refractivity contribution in [3.8, 4) is 0 Å². The summed E-state index contributed by atoms with van der Waals surface area (Å²) >= 11 is 1.70. The van der Waals surface area contributed by atoms with Crippen LogP contribution in [0.4, 0.5) is 23.7 Å². The minimum atomic E-state index is -5.80. The summed E-state index contributed by atoms with van der Waals surface area (Å²) in [5, 5.41) is 2.34. The predicted octanol–water partition coefficient (Wildman–Crippen LogP) is 2.61. The second kappa shape index (κ2) is 7.83. The quantitative estimate of drug-likeness (QED) is 0.501. The van der Waals surface area contributed by atoms with Crippen LogP contribution in [0.5, 0.6) is 0 Å². The second-order valence-electron chi connectivity index (χ2n) is 4.09. The second-order valence-corrected chi connectivity index (χ2v) is 6.92. The van der Waals surface area contributed by atoms with Crippen molar-refractivity contribution in [3.05, 3.63) is 40.0 Å². The summed E-state index contributed by atoms with van der Waals surface area (Å²) in [5.74, 6) is -1.45. The Hall–Kier alpha value is -1.83. The zero-order valence-electron chi connectivity index (χ0n) is 11.7. The van der Waals surface area contributed by atoms with E-state index >= 15 is 0 Å². The maximum absolute atomic E-state index is 12.2. The van der Waals surface area contributed by atoms with Gasteiger partial charge in [-0.05, 0) is 40.8 Å². The van der Waals surface area contributed by atoms with Crippen LogP contribution in [0.15, 0.2) is 30.9 Å². The fourth-order valence-electron chi connectivity index (χ4n) is 1.28. The van der Waals surface area contributed by atoms with Crippen LogP contribution in [-0.2, 0) is 14.8 Å². The summed E-state index contributed by atoms with van der Waals surface area (Å²) in [7, 11) is -5.80.